The maximum atomic E-state index is 11.7. The zero-order valence-electron chi connectivity index (χ0n) is 11.8. The van der Waals surface area contributed by atoms with Gasteiger partial charge in [-0.2, -0.15) is 5.26 Å². The van der Waals surface area contributed by atoms with Crippen LogP contribution in [0.3, 0.4) is 0 Å². The largest absolute Gasteiger partial charge is 0.497 e. The highest BCUT2D eigenvalue weighted by atomic mass is 16.5. The van der Waals surface area contributed by atoms with Crippen LogP contribution in [0.1, 0.15) is 12.5 Å². The number of rotatable bonds is 7. The summed E-state index contributed by atoms with van der Waals surface area (Å²) in [5.41, 5.74) is 1.18. The van der Waals surface area contributed by atoms with Crippen molar-refractivity contribution in [1.82, 2.24) is 10.6 Å². The Morgan fingerprint density at radius 3 is 2.65 bits per heavy atom. The quantitative estimate of drug-likeness (QED) is 0.581. The van der Waals surface area contributed by atoms with Crippen LogP contribution in [-0.4, -0.2) is 26.1 Å². The van der Waals surface area contributed by atoms with E-state index in [1.807, 2.05) is 37.3 Å². The second-order valence-electron chi connectivity index (χ2n) is 4.08. The number of carbonyl (C=O) groups excluding carboxylic acids is 1. The van der Waals surface area contributed by atoms with Gasteiger partial charge >= 0.3 is 0 Å². The molecule has 5 heteroatoms. The Balaban J connectivity index is 2.43. The number of hydrogen-bond donors (Lipinski definition) is 2. The van der Waals surface area contributed by atoms with E-state index in [4.69, 9.17) is 10.00 Å². The predicted molar refractivity (Wildman–Crippen MR) is 77.1 cm³/mol. The molecule has 0 unspecified atom stereocenters. The van der Waals surface area contributed by atoms with Gasteiger partial charge in [-0.3, -0.25) is 4.79 Å². The number of ether oxygens (including phenoxy) is 1. The standard InChI is InChI=1S/C15H19N3O2/c1-3-17-11-13(10-16)15(19)18-9-8-12-4-6-14(20-2)7-5-12/h4-7,11,17H,3,8-9H2,1-2H3,(H,18,19)/b13-11-. The van der Waals surface area contributed by atoms with E-state index in [2.05, 4.69) is 10.6 Å². The molecule has 1 aromatic carbocycles. The predicted octanol–water partition coefficient (Wildman–Crippen LogP) is 1.37. The van der Waals surface area contributed by atoms with Gasteiger partial charge in [0.25, 0.3) is 5.91 Å². The Hall–Kier alpha value is -2.48. The van der Waals surface area contributed by atoms with E-state index in [0.29, 0.717) is 19.5 Å². The summed E-state index contributed by atoms with van der Waals surface area (Å²) in [6, 6.07) is 9.52. The van der Waals surface area contributed by atoms with Gasteiger partial charge in [0.2, 0.25) is 0 Å². The molecule has 20 heavy (non-hydrogen) atoms. The zero-order valence-corrected chi connectivity index (χ0v) is 11.8. The number of nitrogens with one attached hydrogen (secondary N) is 2. The van der Waals surface area contributed by atoms with E-state index in [0.717, 1.165) is 11.3 Å². The molecule has 0 spiro atoms. The molecule has 106 valence electrons. The molecule has 2 N–H and O–H groups in total. The molecule has 1 amide bonds. The highest BCUT2D eigenvalue weighted by Crippen LogP contribution is 2.11. The molecule has 0 fully saturated rings. The maximum absolute atomic E-state index is 11.7. The van der Waals surface area contributed by atoms with E-state index >= 15 is 0 Å². The van der Waals surface area contributed by atoms with Gasteiger partial charge in [-0.15, -0.1) is 0 Å². The Labute approximate surface area is 119 Å². The average molecular weight is 273 g/mol. The van der Waals surface area contributed by atoms with Gasteiger partial charge in [-0.1, -0.05) is 12.1 Å². The molecule has 0 atom stereocenters. The van der Waals surface area contributed by atoms with Gasteiger partial charge in [-0.25, -0.2) is 0 Å². The Kier molecular flexibility index (Phi) is 6.69. The number of carbonyl (C=O) groups is 1. The second-order valence-corrected chi connectivity index (χ2v) is 4.08. The average Bonchev–Trinajstić information content (AvgIpc) is 2.48. The first-order chi connectivity index (χ1) is 9.71. The third-order valence-corrected chi connectivity index (χ3v) is 2.67. The van der Waals surface area contributed by atoms with Gasteiger partial charge in [0.15, 0.2) is 0 Å². The fourth-order valence-electron chi connectivity index (χ4n) is 1.56. The minimum atomic E-state index is -0.359. The van der Waals surface area contributed by atoms with Crippen LogP contribution < -0.4 is 15.4 Å². The van der Waals surface area contributed by atoms with Crippen LogP contribution in [0.2, 0.25) is 0 Å². The second kappa shape index (κ2) is 8.59. The van der Waals surface area contributed by atoms with E-state index in [1.54, 1.807) is 7.11 Å². The van der Waals surface area contributed by atoms with Crippen LogP contribution in [0.4, 0.5) is 0 Å². The molecule has 0 aromatic heterocycles. The van der Waals surface area contributed by atoms with Crippen molar-refractivity contribution < 1.29 is 9.53 Å². The molecule has 1 aromatic rings. The minimum absolute atomic E-state index is 0.0848. The topological polar surface area (TPSA) is 74.2 Å². The highest BCUT2D eigenvalue weighted by Gasteiger charge is 2.07. The lowest BCUT2D eigenvalue weighted by Gasteiger charge is -2.06. The SMILES string of the molecule is CCN/C=C(/C#N)C(=O)NCCc1ccc(OC)cc1. The third-order valence-electron chi connectivity index (χ3n) is 2.67. The summed E-state index contributed by atoms with van der Waals surface area (Å²) in [5, 5.41) is 14.4. The van der Waals surface area contributed by atoms with Gasteiger partial charge in [0, 0.05) is 19.3 Å². The zero-order chi connectivity index (χ0) is 14.8. The molecule has 0 saturated carbocycles. The molecular weight excluding hydrogens is 254 g/mol. The van der Waals surface area contributed by atoms with Gasteiger partial charge in [0.1, 0.15) is 17.4 Å². The van der Waals surface area contributed by atoms with Gasteiger partial charge in [0.05, 0.1) is 7.11 Å². The van der Waals surface area contributed by atoms with E-state index < -0.39 is 0 Å². The molecule has 5 nitrogen and oxygen atoms in total. The van der Waals surface area contributed by atoms with Crippen LogP contribution in [0.15, 0.2) is 36.0 Å². The summed E-state index contributed by atoms with van der Waals surface area (Å²) >= 11 is 0. The normalized spacial score (nSPS) is 10.6. The van der Waals surface area contributed by atoms with E-state index in [9.17, 15) is 4.79 Å². The molecule has 0 aliphatic carbocycles. The Bertz CT molecular complexity index is 501. The van der Waals surface area contributed by atoms with Crippen molar-refractivity contribution in [2.24, 2.45) is 0 Å². The van der Waals surface area contributed by atoms with Gasteiger partial charge in [-0.05, 0) is 31.0 Å². The first kappa shape index (κ1) is 15.6. The number of benzene rings is 1. The van der Waals surface area contributed by atoms with Crippen molar-refractivity contribution in [3.05, 3.63) is 41.6 Å². The van der Waals surface area contributed by atoms with Crippen molar-refractivity contribution in [1.29, 1.82) is 5.26 Å². The third kappa shape index (κ3) is 5.02. The molecule has 1 rings (SSSR count). The minimum Gasteiger partial charge on any atom is -0.497 e. The summed E-state index contributed by atoms with van der Waals surface area (Å²) in [6.45, 7) is 3.05. The summed E-state index contributed by atoms with van der Waals surface area (Å²) in [6.07, 6.45) is 2.14. The van der Waals surface area contributed by atoms with Crippen LogP contribution in [0.5, 0.6) is 5.75 Å². The maximum Gasteiger partial charge on any atom is 0.263 e. The Morgan fingerprint density at radius 2 is 2.10 bits per heavy atom. The highest BCUT2D eigenvalue weighted by molar-refractivity contribution is 5.97. The smallest absolute Gasteiger partial charge is 0.263 e. The van der Waals surface area contributed by atoms with Crippen LogP contribution in [0, 0.1) is 11.3 Å². The molecule has 0 radical (unpaired) electrons. The van der Waals surface area contributed by atoms with Crippen molar-refractivity contribution >= 4 is 5.91 Å². The fraction of sp³-hybridized carbons (Fsp3) is 0.333. The number of amides is 1. The van der Waals surface area contributed by atoms with Crippen LogP contribution in [-0.2, 0) is 11.2 Å². The summed E-state index contributed by atoms with van der Waals surface area (Å²) in [5.74, 6) is 0.445. The van der Waals surface area contributed by atoms with Crippen molar-refractivity contribution in [2.45, 2.75) is 13.3 Å². The lowest BCUT2D eigenvalue weighted by molar-refractivity contribution is -0.117. The molecule has 0 heterocycles. The molecular formula is C15H19N3O2. The number of nitrogens with zero attached hydrogens (tertiary/aromatic N) is 1. The first-order valence-corrected chi connectivity index (χ1v) is 6.46. The lowest BCUT2D eigenvalue weighted by atomic mass is 10.1. The Morgan fingerprint density at radius 1 is 1.40 bits per heavy atom. The van der Waals surface area contributed by atoms with Gasteiger partial charge < -0.3 is 15.4 Å². The monoisotopic (exact) mass is 273 g/mol. The lowest BCUT2D eigenvalue weighted by Crippen LogP contribution is -2.27. The molecule has 0 bridgehead atoms. The first-order valence-electron chi connectivity index (χ1n) is 6.46. The van der Waals surface area contributed by atoms with E-state index in [1.165, 1.54) is 6.20 Å². The van der Waals surface area contributed by atoms with Crippen molar-refractivity contribution in [2.75, 3.05) is 20.2 Å². The molecule has 0 saturated heterocycles. The summed E-state index contributed by atoms with van der Waals surface area (Å²) < 4.78 is 5.08. The van der Waals surface area contributed by atoms with Crippen molar-refractivity contribution in [3.8, 4) is 11.8 Å². The number of methoxy groups -OCH3 is 1. The number of nitriles is 1. The molecule has 0 aliphatic rings. The fourth-order valence-corrected chi connectivity index (χ4v) is 1.56. The number of hydrogen-bond acceptors (Lipinski definition) is 4. The summed E-state index contributed by atoms with van der Waals surface area (Å²) in [7, 11) is 1.62. The van der Waals surface area contributed by atoms with Crippen LogP contribution in [0.25, 0.3) is 0 Å². The van der Waals surface area contributed by atoms with Crippen LogP contribution >= 0.6 is 0 Å². The molecule has 0 aliphatic heterocycles. The van der Waals surface area contributed by atoms with Crippen molar-refractivity contribution in [3.63, 3.8) is 0 Å². The van der Waals surface area contributed by atoms with E-state index in [-0.39, 0.29) is 11.5 Å². The summed E-state index contributed by atoms with van der Waals surface area (Å²) in [4.78, 5) is 11.7.